The van der Waals surface area contributed by atoms with Gasteiger partial charge in [-0.25, -0.2) is 4.79 Å². The molecule has 6 nitrogen and oxygen atoms in total. The fraction of sp³-hybridized carbons (Fsp3) is 0.643. The minimum absolute atomic E-state index is 0.0584. The molecule has 0 aromatic carbocycles. The Morgan fingerprint density at radius 3 is 2.95 bits per heavy atom. The number of Topliss-reactive ketones (excluding diaryl/α,β-unsaturated/α-hetero) is 1. The molecule has 2 rings (SSSR count). The fourth-order valence-electron chi connectivity index (χ4n) is 2.48. The number of carbonyl (C=O) groups is 2. The third kappa shape index (κ3) is 3.07. The Kier molecular flexibility index (Phi) is 4.54. The molecule has 0 bridgehead atoms. The Labute approximate surface area is 118 Å². The number of hydrogen-bond donors (Lipinski definition) is 0. The number of esters is 1. The van der Waals surface area contributed by atoms with Gasteiger partial charge in [0.15, 0.2) is 0 Å². The topological polar surface area (TPSA) is 64.4 Å². The maximum absolute atomic E-state index is 11.9. The predicted octanol–water partition coefficient (Wildman–Crippen LogP) is 1.01. The third-order valence-electron chi connectivity index (χ3n) is 3.69. The smallest absolute Gasteiger partial charge is 0.341 e. The Balaban J connectivity index is 2.11. The van der Waals surface area contributed by atoms with Gasteiger partial charge >= 0.3 is 5.97 Å². The van der Waals surface area contributed by atoms with E-state index in [-0.39, 0.29) is 11.9 Å². The fourth-order valence-corrected chi connectivity index (χ4v) is 2.48. The van der Waals surface area contributed by atoms with Crippen LogP contribution >= 0.6 is 0 Å². The lowest BCUT2D eigenvalue weighted by molar-refractivity contribution is -0.125. The van der Waals surface area contributed by atoms with Crippen molar-refractivity contribution in [3.05, 3.63) is 17.5 Å². The predicted molar refractivity (Wildman–Crippen MR) is 73.2 cm³/mol. The molecule has 0 aliphatic carbocycles. The highest BCUT2D eigenvalue weighted by Crippen LogP contribution is 2.18. The average molecular weight is 279 g/mol. The highest BCUT2D eigenvalue weighted by atomic mass is 16.5. The van der Waals surface area contributed by atoms with E-state index in [0.29, 0.717) is 30.9 Å². The standard InChI is InChI=1S/C14H21N3O3/c1-4-20-14(19)11-7-15-16(3)12(11)9-17-6-5-13(18)10(2)8-17/h7,10H,4-6,8-9H2,1-3H3. The second-order valence-electron chi connectivity index (χ2n) is 5.20. The largest absolute Gasteiger partial charge is 0.462 e. The summed E-state index contributed by atoms with van der Waals surface area (Å²) >= 11 is 0. The van der Waals surface area contributed by atoms with E-state index in [9.17, 15) is 9.59 Å². The highest BCUT2D eigenvalue weighted by molar-refractivity contribution is 5.90. The molecule has 110 valence electrons. The van der Waals surface area contributed by atoms with Crippen molar-refractivity contribution < 1.29 is 14.3 Å². The Hall–Kier alpha value is -1.69. The van der Waals surface area contributed by atoms with Crippen molar-refractivity contribution >= 4 is 11.8 Å². The molecular weight excluding hydrogens is 258 g/mol. The lowest BCUT2D eigenvalue weighted by Gasteiger charge is -2.30. The van der Waals surface area contributed by atoms with Crippen LogP contribution in [-0.4, -0.2) is 46.1 Å². The zero-order valence-corrected chi connectivity index (χ0v) is 12.3. The minimum Gasteiger partial charge on any atom is -0.462 e. The minimum atomic E-state index is -0.336. The number of ether oxygens (including phenoxy) is 1. The van der Waals surface area contributed by atoms with Crippen LogP contribution in [0.15, 0.2) is 6.20 Å². The van der Waals surface area contributed by atoms with Crippen molar-refractivity contribution in [3.63, 3.8) is 0 Å². The van der Waals surface area contributed by atoms with Crippen LogP contribution in [0, 0.1) is 5.92 Å². The number of likely N-dealkylation sites (tertiary alicyclic amines) is 1. The number of hydrogen-bond acceptors (Lipinski definition) is 5. The quantitative estimate of drug-likeness (QED) is 0.770. The van der Waals surface area contributed by atoms with Crippen molar-refractivity contribution in [2.45, 2.75) is 26.8 Å². The number of rotatable bonds is 4. The van der Waals surface area contributed by atoms with Gasteiger partial charge in [0.1, 0.15) is 11.3 Å². The average Bonchev–Trinajstić information content (AvgIpc) is 2.76. The number of piperidine rings is 1. The molecule has 0 saturated carbocycles. The molecule has 2 heterocycles. The maximum Gasteiger partial charge on any atom is 0.341 e. The molecule has 20 heavy (non-hydrogen) atoms. The maximum atomic E-state index is 11.9. The van der Waals surface area contributed by atoms with Crippen molar-refractivity contribution in [2.75, 3.05) is 19.7 Å². The molecule has 1 aliphatic heterocycles. The lowest BCUT2D eigenvalue weighted by Crippen LogP contribution is -2.39. The van der Waals surface area contributed by atoms with Gasteiger partial charge in [0, 0.05) is 39.0 Å². The van der Waals surface area contributed by atoms with Crippen molar-refractivity contribution in [3.8, 4) is 0 Å². The molecule has 1 atom stereocenters. The first-order valence-electron chi connectivity index (χ1n) is 6.96. The van der Waals surface area contributed by atoms with Gasteiger partial charge in [-0.05, 0) is 6.92 Å². The number of nitrogens with zero attached hydrogens (tertiary/aromatic N) is 3. The summed E-state index contributed by atoms with van der Waals surface area (Å²) in [5, 5.41) is 4.14. The summed E-state index contributed by atoms with van der Waals surface area (Å²) in [6, 6.07) is 0. The summed E-state index contributed by atoms with van der Waals surface area (Å²) in [6.45, 7) is 6.16. The van der Waals surface area contributed by atoms with Crippen LogP contribution in [0.5, 0.6) is 0 Å². The van der Waals surface area contributed by atoms with Gasteiger partial charge in [0.25, 0.3) is 0 Å². The summed E-state index contributed by atoms with van der Waals surface area (Å²) in [7, 11) is 1.82. The number of aromatic nitrogens is 2. The van der Waals surface area contributed by atoms with Gasteiger partial charge < -0.3 is 4.74 Å². The SMILES string of the molecule is CCOC(=O)c1cnn(C)c1CN1CCC(=O)C(C)C1. The normalized spacial score (nSPS) is 20.1. The van der Waals surface area contributed by atoms with Crippen LogP contribution in [0.4, 0.5) is 0 Å². The molecule has 0 spiro atoms. The molecular formula is C14H21N3O3. The van der Waals surface area contributed by atoms with Gasteiger partial charge in [-0.1, -0.05) is 6.92 Å². The Bertz CT molecular complexity index is 510. The monoisotopic (exact) mass is 279 g/mol. The van der Waals surface area contributed by atoms with Gasteiger partial charge in [0.05, 0.1) is 18.5 Å². The summed E-state index contributed by atoms with van der Waals surface area (Å²) in [5.41, 5.74) is 1.35. The number of aryl methyl sites for hydroxylation is 1. The zero-order valence-electron chi connectivity index (χ0n) is 12.3. The third-order valence-corrected chi connectivity index (χ3v) is 3.69. The molecule has 1 fully saturated rings. The first-order chi connectivity index (χ1) is 9.52. The van der Waals surface area contributed by atoms with Crippen molar-refractivity contribution in [1.82, 2.24) is 14.7 Å². The molecule has 1 saturated heterocycles. The van der Waals surface area contributed by atoms with Crippen LogP contribution in [0.2, 0.25) is 0 Å². The Morgan fingerprint density at radius 1 is 1.55 bits per heavy atom. The van der Waals surface area contributed by atoms with Gasteiger partial charge in [-0.2, -0.15) is 5.10 Å². The van der Waals surface area contributed by atoms with E-state index in [1.165, 1.54) is 0 Å². The number of ketones is 1. The molecule has 0 N–H and O–H groups in total. The first-order valence-corrected chi connectivity index (χ1v) is 6.96. The molecule has 1 aromatic heterocycles. The lowest BCUT2D eigenvalue weighted by atomic mass is 9.98. The molecule has 1 aromatic rings. The van der Waals surface area contributed by atoms with E-state index >= 15 is 0 Å². The second kappa shape index (κ2) is 6.17. The summed E-state index contributed by atoms with van der Waals surface area (Å²) < 4.78 is 6.75. The van der Waals surface area contributed by atoms with Crippen LogP contribution in [0.3, 0.4) is 0 Å². The van der Waals surface area contributed by atoms with E-state index in [1.54, 1.807) is 17.8 Å². The van der Waals surface area contributed by atoms with Crippen LogP contribution in [-0.2, 0) is 23.1 Å². The van der Waals surface area contributed by atoms with E-state index in [2.05, 4.69) is 10.00 Å². The molecule has 0 amide bonds. The molecule has 0 radical (unpaired) electrons. The molecule has 1 unspecified atom stereocenters. The highest BCUT2D eigenvalue weighted by Gasteiger charge is 2.26. The summed E-state index contributed by atoms with van der Waals surface area (Å²) in [6.07, 6.45) is 2.12. The van der Waals surface area contributed by atoms with Crippen molar-refractivity contribution in [2.24, 2.45) is 13.0 Å². The Morgan fingerprint density at radius 2 is 2.30 bits per heavy atom. The second-order valence-corrected chi connectivity index (χ2v) is 5.20. The van der Waals surface area contributed by atoms with E-state index in [4.69, 9.17) is 4.74 Å². The van der Waals surface area contributed by atoms with E-state index < -0.39 is 0 Å². The van der Waals surface area contributed by atoms with Gasteiger partial charge in [-0.15, -0.1) is 0 Å². The zero-order chi connectivity index (χ0) is 14.7. The summed E-state index contributed by atoms with van der Waals surface area (Å²) in [4.78, 5) is 25.6. The number of carbonyl (C=O) groups excluding carboxylic acids is 2. The van der Waals surface area contributed by atoms with E-state index in [1.807, 2.05) is 14.0 Å². The van der Waals surface area contributed by atoms with Crippen LogP contribution in [0.25, 0.3) is 0 Å². The van der Waals surface area contributed by atoms with Gasteiger partial charge in [-0.3, -0.25) is 14.4 Å². The summed E-state index contributed by atoms with van der Waals surface area (Å²) in [5.74, 6) is 0.0385. The van der Waals surface area contributed by atoms with Crippen LogP contribution < -0.4 is 0 Å². The van der Waals surface area contributed by atoms with Crippen LogP contribution in [0.1, 0.15) is 36.3 Å². The van der Waals surface area contributed by atoms with Crippen molar-refractivity contribution in [1.29, 1.82) is 0 Å². The molecule has 1 aliphatic rings. The van der Waals surface area contributed by atoms with Gasteiger partial charge in [0.2, 0.25) is 0 Å². The van der Waals surface area contributed by atoms with E-state index in [0.717, 1.165) is 18.8 Å². The first kappa shape index (κ1) is 14.7. The molecule has 6 heteroatoms.